The lowest BCUT2D eigenvalue weighted by molar-refractivity contribution is -0.139. The molecule has 18 heavy (non-hydrogen) atoms. The van der Waals surface area contributed by atoms with Crippen LogP contribution in [-0.4, -0.2) is 30.4 Å². The summed E-state index contributed by atoms with van der Waals surface area (Å²) in [7, 11) is 0. The SMILES string of the molecule is C/C(=C\OC(=O)C(N)CCCN=C(N)N)C(N)=O. The molecular weight excluding hydrogens is 238 g/mol. The van der Waals surface area contributed by atoms with Gasteiger partial charge in [-0.2, -0.15) is 0 Å². The number of aliphatic imine (C=N–C) groups is 1. The average Bonchev–Trinajstić information content (AvgIpc) is 2.30. The molecule has 102 valence electrons. The molecule has 0 saturated carbocycles. The minimum absolute atomic E-state index is 0.00818. The Balaban J connectivity index is 4.01. The zero-order valence-corrected chi connectivity index (χ0v) is 10.3. The van der Waals surface area contributed by atoms with Gasteiger partial charge in [-0.3, -0.25) is 9.79 Å². The van der Waals surface area contributed by atoms with Gasteiger partial charge in [0.15, 0.2) is 5.96 Å². The summed E-state index contributed by atoms with van der Waals surface area (Å²) in [5.41, 5.74) is 20.9. The zero-order chi connectivity index (χ0) is 14.1. The summed E-state index contributed by atoms with van der Waals surface area (Å²) in [5.74, 6) is -1.31. The van der Waals surface area contributed by atoms with Gasteiger partial charge in [0.25, 0.3) is 0 Å². The number of primary amides is 1. The highest BCUT2D eigenvalue weighted by molar-refractivity contribution is 5.91. The summed E-state index contributed by atoms with van der Waals surface area (Å²) in [6.45, 7) is 1.82. The molecule has 0 spiro atoms. The Morgan fingerprint density at radius 2 is 1.94 bits per heavy atom. The molecule has 0 aliphatic rings. The fourth-order valence-corrected chi connectivity index (χ4v) is 0.929. The number of ether oxygens (including phenoxy) is 1. The second kappa shape index (κ2) is 8.07. The fourth-order valence-electron chi connectivity index (χ4n) is 0.929. The molecule has 8 N–H and O–H groups in total. The maximum Gasteiger partial charge on any atom is 0.327 e. The number of nitrogens with two attached hydrogens (primary N) is 4. The van der Waals surface area contributed by atoms with Crippen molar-refractivity contribution in [1.82, 2.24) is 0 Å². The van der Waals surface area contributed by atoms with Crippen molar-refractivity contribution in [3.8, 4) is 0 Å². The van der Waals surface area contributed by atoms with Crippen LogP contribution in [0.15, 0.2) is 16.8 Å². The van der Waals surface area contributed by atoms with E-state index in [1.807, 2.05) is 0 Å². The maximum atomic E-state index is 11.4. The molecule has 0 bridgehead atoms. The summed E-state index contributed by atoms with van der Waals surface area (Å²) in [6, 6.07) is -0.795. The van der Waals surface area contributed by atoms with Gasteiger partial charge in [-0.15, -0.1) is 0 Å². The van der Waals surface area contributed by atoms with E-state index in [2.05, 4.69) is 4.99 Å². The number of hydrogen-bond acceptors (Lipinski definition) is 5. The molecule has 0 rings (SSSR count). The summed E-state index contributed by atoms with van der Waals surface area (Å²) < 4.78 is 4.69. The molecule has 0 aliphatic heterocycles. The largest absolute Gasteiger partial charge is 0.433 e. The van der Waals surface area contributed by atoms with Crippen LogP contribution >= 0.6 is 0 Å². The van der Waals surface area contributed by atoms with Crippen LogP contribution in [0.5, 0.6) is 0 Å². The lowest BCUT2D eigenvalue weighted by Gasteiger charge is -2.08. The van der Waals surface area contributed by atoms with Crippen LogP contribution in [0.1, 0.15) is 19.8 Å². The average molecular weight is 257 g/mol. The molecule has 0 aliphatic carbocycles. The first-order chi connectivity index (χ1) is 8.34. The predicted octanol–water partition coefficient (Wildman–Crippen LogP) is -1.70. The molecule has 0 aromatic carbocycles. The predicted molar refractivity (Wildman–Crippen MR) is 66.9 cm³/mol. The number of rotatable bonds is 7. The van der Waals surface area contributed by atoms with E-state index in [0.717, 1.165) is 6.26 Å². The van der Waals surface area contributed by atoms with Crippen molar-refractivity contribution in [3.05, 3.63) is 11.8 Å². The maximum absolute atomic E-state index is 11.4. The molecule has 8 heteroatoms. The van der Waals surface area contributed by atoms with Crippen LogP contribution in [0.3, 0.4) is 0 Å². The van der Waals surface area contributed by atoms with Gasteiger partial charge in [0, 0.05) is 12.1 Å². The van der Waals surface area contributed by atoms with E-state index in [4.69, 9.17) is 27.7 Å². The summed E-state index contributed by atoms with van der Waals surface area (Å²) in [4.78, 5) is 25.8. The van der Waals surface area contributed by atoms with E-state index in [9.17, 15) is 9.59 Å². The van der Waals surface area contributed by atoms with Gasteiger partial charge in [-0.05, 0) is 19.8 Å². The van der Waals surface area contributed by atoms with Gasteiger partial charge in [0.1, 0.15) is 12.3 Å². The monoisotopic (exact) mass is 257 g/mol. The van der Waals surface area contributed by atoms with Gasteiger partial charge in [0.05, 0.1) is 0 Å². The third-order valence-corrected chi connectivity index (χ3v) is 2.01. The van der Waals surface area contributed by atoms with E-state index < -0.39 is 17.9 Å². The van der Waals surface area contributed by atoms with Gasteiger partial charge in [-0.25, -0.2) is 4.79 Å². The molecule has 1 amide bonds. The number of amides is 1. The second-order valence-corrected chi connectivity index (χ2v) is 3.66. The Morgan fingerprint density at radius 1 is 1.33 bits per heavy atom. The molecule has 0 fully saturated rings. The molecular formula is C10H19N5O3. The van der Waals surface area contributed by atoms with Crippen LogP contribution in [0.25, 0.3) is 0 Å². The van der Waals surface area contributed by atoms with Crippen molar-refractivity contribution in [2.45, 2.75) is 25.8 Å². The van der Waals surface area contributed by atoms with Crippen molar-refractivity contribution in [3.63, 3.8) is 0 Å². The third-order valence-electron chi connectivity index (χ3n) is 2.01. The minimum Gasteiger partial charge on any atom is -0.433 e. The lowest BCUT2D eigenvalue weighted by atomic mass is 10.2. The van der Waals surface area contributed by atoms with E-state index in [1.54, 1.807) is 0 Å². The van der Waals surface area contributed by atoms with Gasteiger partial charge in [0.2, 0.25) is 5.91 Å². The number of carbonyl (C=O) groups is 2. The van der Waals surface area contributed by atoms with Crippen LogP contribution < -0.4 is 22.9 Å². The molecule has 0 radical (unpaired) electrons. The van der Waals surface area contributed by atoms with E-state index >= 15 is 0 Å². The Bertz CT molecular complexity index is 361. The van der Waals surface area contributed by atoms with Crippen molar-refractivity contribution in [1.29, 1.82) is 0 Å². The third kappa shape index (κ3) is 7.23. The van der Waals surface area contributed by atoms with E-state index in [1.165, 1.54) is 6.92 Å². The molecule has 0 aromatic rings. The quantitative estimate of drug-likeness (QED) is 0.106. The second-order valence-electron chi connectivity index (χ2n) is 3.66. The number of carbonyl (C=O) groups excluding carboxylic acids is 2. The lowest BCUT2D eigenvalue weighted by Crippen LogP contribution is -2.31. The number of esters is 1. The number of nitrogens with zero attached hydrogens (tertiary/aromatic N) is 1. The molecule has 8 nitrogen and oxygen atoms in total. The van der Waals surface area contributed by atoms with E-state index in [0.29, 0.717) is 19.4 Å². The smallest absolute Gasteiger partial charge is 0.327 e. The van der Waals surface area contributed by atoms with Crippen molar-refractivity contribution < 1.29 is 14.3 Å². The minimum atomic E-state index is -0.795. The van der Waals surface area contributed by atoms with Gasteiger partial charge < -0.3 is 27.7 Å². The number of hydrogen-bond donors (Lipinski definition) is 4. The van der Waals surface area contributed by atoms with Crippen LogP contribution in [0.2, 0.25) is 0 Å². The Morgan fingerprint density at radius 3 is 2.44 bits per heavy atom. The van der Waals surface area contributed by atoms with Crippen LogP contribution in [-0.2, 0) is 14.3 Å². The molecule has 0 heterocycles. The van der Waals surface area contributed by atoms with Crippen molar-refractivity contribution >= 4 is 17.8 Å². The summed E-state index contributed by atoms with van der Waals surface area (Å²) in [6.07, 6.45) is 1.91. The normalized spacial score (nSPS) is 12.7. The Kier molecular flexibility index (Phi) is 7.13. The standard InChI is InChI=1S/C10H19N5O3/c1-6(8(12)16)5-18-9(17)7(11)3-2-4-15-10(13)14/h5,7H,2-4,11H2,1H3,(H2,12,16)(H4,13,14,15)/b6-5+. The zero-order valence-electron chi connectivity index (χ0n) is 10.3. The summed E-state index contributed by atoms with van der Waals surface area (Å²) >= 11 is 0. The van der Waals surface area contributed by atoms with Crippen molar-refractivity contribution in [2.24, 2.45) is 27.9 Å². The first-order valence-corrected chi connectivity index (χ1v) is 5.32. The van der Waals surface area contributed by atoms with Gasteiger partial charge >= 0.3 is 5.97 Å². The Hall–Kier alpha value is -2.09. The molecule has 1 atom stereocenters. The first-order valence-electron chi connectivity index (χ1n) is 5.32. The molecule has 1 unspecified atom stereocenters. The topological polar surface area (TPSA) is 160 Å². The highest BCUT2D eigenvalue weighted by Gasteiger charge is 2.14. The van der Waals surface area contributed by atoms with Gasteiger partial charge in [-0.1, -0.05) is 0 Å². The highest BCUT2D eigenvalue weighted by Crippen LogP contribution is 2.00. The molecule has 0 saturated heterocycles. The van der Waals surface area contributed by atoms with Crippen LogP contribution in [0, 0.1) is 0 Å². The Labute approximate surface area is 105 Å². The highest BCUT2D eigenvalue weighted by atomic mass is 16.5. The molecule has 0 aromatic heterocycles. The van der Waals surface area contributed by atoms with Crippen molar-refractivity contribution in [2.75, 3.05) is 6.54 Å². The first kappa shape index (κ1) is 15.9. The summed E-state index contributed by atoms with van der Waals surface area (Å²) in [5, 5.41) is 0. The number of guanidine groups is 1. The fraction of sp³-hybridized carbons (Fsp3) is 0.500. The van der Waals surface area contributed by atoms with E-state index in [-0.39, 0.29) is 11.5 Å². The van der Waals surface area contributed by atoms with Crippen LogP contribution in [0.4, 0.5) is 0 Å².